The molecule has 0 spiro atoms. The average molecular weight is 305 g/mol. The lowest BCUT2D eigenvalue weighted by Crippen LogP contribution is -2.51. The number of hydrogen-bond donors (Lipinski definition) is 2. The molecule has 0 bridgehead atoms. The van der Waals surface area contributed by atoms with Crippen molar-refractivity contribution in [3.8, 4) is 5.75 Å². The molecule has 0 aromatic heterocycles. The molecule has 2 rings (SSSR count). The molecule has 0 unspecified atom stereocenters. The second-order valence-corrected chi connectivity index (χ2v) is 5.85. The van der Waals surface area contributed by atoms with Crippen molar-refractivity contribution in [3.05, 3.63) is 24.3 Å². The van der Waals surface area contributed by atoms with Gasteiger partial charge in [-0.15, -0.1) is 0 Å². The van der Waals surface area contributed by atoms with Crippen molar-refractivity contribution in [1.29, 1.82) is 0 Å². The molecule has 1 aromatic rings. The fraction of sp³-hybridized carbons (Fsp3) is 0.500. The predicted octanol–water partition coefficient (Wildman–Crippen LogP) is 1.13. The Kier molecular flexibility index (Phi) is 5.38. The number of nitrogens with one attached hydrogen (secondary N) is 1. The summed E-state index contributed by atoms with van der Waals surface area (Å²) in [5.41, 5.74) is 0.663. The lowest BCUT2D eigenvalue weighted by atomic mass is 10.1. The maximum absolute atomic E-state index is 12.0. The van der Waals surface area contributed by atoms with Crippen molar-refractivity contribution in [2.75, 3.05) is 38.0 Å². The van der Waals surface area contributed by atoms with E-state index < -0.39 is 0 Å². The van der Waals surface area contributed by atoms with E-state index in [2.05, 4.69) is 5.32 Å². The minimum atomic E-state index is -0.0886. The lowest BCUT2D eigenvalue weighted by Gasteiger charge is -2.35. The number of anilines is 1. The number of hydrogen-bond acceptors (Lipinski definition) is 4. The molecule has 2 amide bonds. The van der Waals surface area contributed by atoms with E-state index in [0.29, 0.717) is 38.4 Å². The van der Waals surface area contributed by atoms with Gasteiger partial charge in [-0.2, -0.15) is 0 Å². The van der Waals surface area contributed by atoms with Crippen molar-refractivity contribution >= 4 is 17.5 Å². The Bertz CT molecular complexity index is 520. The minimum absolute atomic E-state index is 0.0179. The fourth-order valence-electron chi connectivity index (χ4n) is 2.44. The predicted molar refractivity (Wildman–Crippen MR) is 84.6 cm³/mol. The van der Waals surface area contributed by atoms with Crippen LogP contribution in [0.5, 0.6) is 5.75 Å². The van der Waals surface area contributed by atoms with E-state index in [-0.39, 0.29) is 23.5 Å². The molecule has 0 aliphatic carbocycles. The Balaban J connectivity index is 1.77. The standard InChI is InChI=1S/C16H23N3O3/c1-12(2)16(22)19-9-7-18(8-10-19)11-15(21)17-13-3-5-14(20)6-4-13/h3-6,12,20H,7-11H2,1-2H3,(H,17,21). The quantitative estimate of drug-likeness (QED) is 0.818. The lowest BCUT2D eigenvalue weighted by molar-refractivity contribution is -0.136. The summed E-state index contributed by atoms with van der Waals surface area (Å²) in [7, 11) is 0. The second kappa shape index (κ2) is 7.26. The molecule has 1 aliphatic heterocycles. The molecule has 6 nitrogen and oxygen atoms in total. The van der Waals surface area contributed by atoms with Gasteiger partial charge < -0.3 is 15.3 Å². The van der Waals surface area contributed by atoms with Crippen molar-refractivity contribution in [2.45, 2.75) is 13.8 Å². The zero-order chi connectivity index (χ0) is 16.1. The molecule has 0 radical (unpaired) electrons. The molecule has 22 heavy (non-hydrogen) atoms. The van der Waals surface area contributed by atoms with Gasteiger partial charge in [-0.05, 0) is 24.3 Å². The van der Waals surface area contributed by atoms with Crippen molar-refractivity contribution < 1.29 is 14.7 Å². The van der Waals surface area contributed by atoms with Gasteiger partial charge in [-0.3, -0.25) is 14.5 Å². The number of phenolic OH excluding ortho intramolecular Hbond substituents is 1. The summed E-state index contributed by atoms with van der Waals surface area (Å²) in [6.07, 6.45) is 0. The van der Waals surface area contributed by atoms with Crippen molar-refractivity contribution in [3.63, 3.8) is 0 Å². The zero-order valence-corrected chi connectivity index (χ0v) is 13.1. The van der Waals surface area contributed by atoms with Gasteiger partial charge in [0.15, 0.2) is 0 Å². The van der Waals surface area contributed by atoms with E-state index >= 15 is 0 Å². The van der Waals surface area contributed by atoms with Gasteiger partial charge in [0.1, 0.15) is 5.75 Å². The summed E-state index contributed by atoms with van der Waals surface area (Å²) in [4.78, 5) is 27.8. The van der Waals surface area contributed by atoms with Crippen LogP contribution in [0.25, 0.3) is 0 Å². The molecular formula is C16H23N3O3. The summed E-state index contributed by atoms with van der Waals surface area (Å²) >= 11 is 0. The number of rotatable bonds is 4. The summed E-state index contributed by atoms with van der Waals surface area (Å²) in [5.74, 6) is 0.274. The number of piperazine rings is 1. The Morgan fingerprint density at radius 3 is 2.27 bits per heavy atom. The van der Waals surface area contributed by atoms with E-state index in [0.717, 1.165) is 0 Å². The fourth-order valence-corrected chi connectivity index (χ4v) is 2.44. The van der Waals surface area contributed by atoms with Gasteiger partial charge >= 0.3 is 0 Å². The SMILES string of the molecule is CC(C)C(=O)N1CCN(CC(=O)Nc2ccc(O)cc2)CC1. The molecule has 1 aromatic carbocycles. The van der Waals surface area contributed by atoms with Crippen LogP contribution in [-0.2, 0) is 9.59 Å². The topological polar surface area (TPSA) is 72.9 Å². The summed E-state index contributed by atoms with van der Waals surface area (Å²) in [5, 5.41) is 12.0. The van der Waals surface area contributed by atoms with Gasteiger partial charge in [0.2, 0.25) is 11.8 Å². The summed E-state index contributed by atoms with van der Waals surface area (Å²) in [6.45, 7) is 6.88. The average Bonchev–Trinajstić information content (AvgIpc) is 2.49. The molecule has 120 valence electrons. The highest BCUT2D eigenvalue weighted by molar-refractivity contribution is 5.92. The van der Waals surface area contributed by atoms with Crippen LogP contribution >= 0.6 is 0 Å². The number of aromatic hydroxyl groups is 1. The molecule has 1 aliphatic rings. The Morgan fingerprint density at radius 2 is 1.73 bits per heavy atom. The Hall–Kier alpha value is -2.08. The summed E-state index contributed by atoms with van der Waals surface area (Å²) in [6, 6.07) is 6.39. The second-order valence-electron chi connectivity index (χ2n) is 5.85. The van der Waals surface area contributed by atoms with Crippen LogP contribution in [0.1, 0.15) is 13.8 Å². The first kappa shape index (κ1) is 16.3. The molecule has 0 atom stereocenters. The smallest absolute Gasteiger partial charge is 0.238 e. The zero-order valence-electron chi connectivity index (χ0n) is 13.1. The molecule has 1 heterocycles. The Labute approximate surface area is 130 Å². The van der Waals surface area contributed by atoms with E-state index in [4.69, 9.17) is 0 Å². The maximum Gasteiger partial charge on any atom is 0.238 e. The molecule has 1 saturated heterocycles. The van der Waals surface area contributed by atoms with Gasteiger partial charge in [-0.1, -0.05) is 13.8 Å². The van der Waals surface area contributed by atoms with Crippen LogP contribution < -0.4 is 5.32 Å². The van der Waals surface area contributed by atoms with E-state index in [1.165, 1.54) is 12.1 Å². The minimum Gasteiger partial charge on any atom is -0.508 e. The highest BCUT2D eigenvalue weighted by atomic mass is 16.3. The molecule has 1 fully saturated rings. The maximum atomic E-state index is 12.0. The third-order valence-electron chi connectivity index (χ3n) is 3.70. The monoisotopic (exact) mass is 305 g/mol. The molecule has 0 saturated carbocycles. The number of phenols is 1. The van der Waals surface area contributed by atoms with Crippen molar-refractivity contribution in [2.24, 2.45) is 5.92 Å². The summed E-state index contributed by atoms with van der Waals surface area (Å²) < 4.78 is 0. The van der Waals surface area contributed by atoms with Crippen LogP contribution in [0.15, 0.2) is 24.3 Å². The van der Waals surface area contributed by atoms with E-state index in [1.807, 2.05) is 23.6 Å². The number of carbonyl (C=O) groups is 2. The van der Waals surface area contributed by atoms with Gasteiger partial charge in [0.05, 0.1) is 6.54 Å². The first-order chi connectivity index (χ1) is 10.5. The van der Waals surface area contributed by atoms with Gasteiger partial charge in [0, 0.05) is 37.8 Å². The van der Waals surface area contributed by atoms with Crippen LogP contribution in [-0.4, -0.2) is 59.4 Å². The third-order valence-corrected chi connectivity index (χ3v) is 3.70. The van der Waals surface area contributed by atoms with Crippen molar-refractivity contribution in [1.82, 2.24) is 9.80 Å². The largest absolute Gasteiger partial charge is 0.508 e. The van der Waals surface area contributed by atoms with Gasteiger partial charge in [-0.25, -0.2) is 0 Å². The molecular weight excluding hydrogens is 282 g/mol. The third kappa shape index (κ3) is 4.46. The highest BCUT2D eigenvalue weighted by Gasteiger charge is 2.23. The highest BCUT2D eigenvalue weighted by Crippen LogP contribution is 2.14. The normalized spacial score (nSPS) is 15.9. The first-order valence-corrected chi connectivity index (χ1v) is 7.55. The number of nitrogens with zero attached hydrogens (tertiary/aromatic N) is 2. The van der Waals surface area contributed by atoms with E-state index in [1.54, 1.807) is 12.1 Å². The van der Waals surface area contributed by atoms with Crippen LogP contribution in [0, 0.1) is 5.92 Å². The first-order valence-electron chi connectivity index (χ1n) is 7.55. The number of benzene rings is 1. The number of carbonyl (C=O) groups excluding carboxylic acids is 2. The van der Waals surface area contributed by atoms with E-state index in [9.17, 15) is 14.7 Å². The van der Waals surface area contributed by atoms with Gasteiger partial charge in [0.25, 0.3) is 0 Å². The van der Waals surface area contributed by atoms with Crippen LogP contribution in [0.3, 0.4) is 0 Å². The van der Waals surface area contributed by atoms with Crippen LogP contribution in [0.4, 0.5) is 5.69 Å². The Morgan fingerprint density at radius 1 is 1.14 bits per heavy atom. The molecule has 6 heteroatoms. The molecule has 2 N–H and O–H groups in total. The van der Waals surface area contributed by atoms with Crippen LogP contribution in [0.2, 0.25) is 0 Å². The number of amides is 2.